The Balaban J connectivity index is 0.0000105. The highest BCUT2D eigenvalue weighted by molar-refractivity contribution is 5.80. The summed E-state index contributed by atoms with van der Waals surface area (Å²) in [5.74, 6) is 1.17. The van der Waals surface area contributed by atoms with Gasteiger partial charge < -0.3 is 19.3 Å². The third kappa shape index (κ3) is 39.2. The van der Waals surface area contributed by atoms with Gasteiger partial charge in [-0.1, -0.05) is 152 Å². The number of ether oxygens (including phenoxy) is 3. The maximum atomic E-state index is 12.1. The summed E-state index contributed by atoms with van der Waals surface area (Å²) in [5.41, 5.74) is 0.502. The number of hydrogen-bond donors (Lipinski definition) is 1. The van der Waals surface area contributed by atoms with Crippen LogP contribution in [0.3, 0.4) is 0 Å². The fourth-order valence-electron chi connectivity index (χ4n) is 6.38. The summed E-state index contributed by atoms with van der Waals surface area (Å²) < 4.78 is 17.2. The van der Waals surface area contributed by atoms with Gasteiger partial charge in [-0.15, -0.1) is 0 Å². The molecule has 0 heterocycles. The van der Waals surface area contributed by atoms with E-state index in [1.807, 2.05) is 12.1 Å². The predicted octanol–water partition coefficient (Wildman–Crippen LogP) is 15.1. The van der Waals surface area contributed by atoms with Crippen LogP contribution < -0.4 is 9.47 Å². The molecule has 1 aromatic rings. The highest BCUT2D eigenvalue weighted by Gasteiger charge is 2.07. The maximum absolute atomic E-state index is 12.1. The second-order valence-corrected chi connectivity index (χ2v) is 15.2. The monoisotopic (exact) mass is 809 g/mol. The summed E-state index contributed by atoms with van der Waals surface area (Å²) in [7, 11) is 0. The fourth-order valence-corrected chi connectivity index (χ4v) is 6.38. The van der Waals surface area contributed by atoms with Gasteiger partial charge in [0.15, 0.2) is 6.29 Å². The van der Waals surface area contributed by atoms with Crippen LogP contribution in [0, 0.1) is 0 Å². The highest BCUT2D eigenvalue weighted by atomic mass is 16.5. The van der Waals surface area contributed by atoms with Crippen LogP contribution in [0.1, 0.15) is 210 Å². The number of esters is 1. The number of rotatable bonds is 40. The van der Waals surface area contributed by atoms with Crippen LogP contribution in [0.15, 0.2) is 66.8 Å². The van der Waals surface area contributed by atoms with E-state index < -0.39 is 0 Å². The minimum Gasteiger partial charge on any atom is -0.494 e. The number of carbonyl (C=O) groups excluding carboxylic acids is 2. The lowest BCUT2D eigenvalue weighted by Gasteiger charge is -2.11. The van der Waals surface area contributed by atoms with Gasteiger partial charge in [-0.05, 0) is 108 Å². The summed E-state index contributed by atoms with van der Waals surface area (Å²) in [6.07, 6.45) is 53.1. The molecule has 0 aliphatic heterocycles. The molecule has 0 bridgehead atoms. The molecule has 1 rings (SSSR count). The maximum Gasteiger partial charge on any atom is 0.305 e. The van der Waals surface area contributed by atoms with Crippen LogP contribution in [-0.4, -0.2) is 43.7 Å². The minimum atomic E-state index is -0.250. The van der Waals surface area contributed by atoms with E-state index in [0.29, 0.717) is 43.3 Å². The van der Waals surface area contributed by atoms with Gasteiger partial charge in [0.2, 0.25) is 0 Å². The van der Waals surface area contributed by atoms with E-state index in [2.05, 4.69) is 62.5 Å². The van der Waals surface area contributed by atoms with Crippen LogP contribution in [-0.2, 0) is 14.3 Å². The van der Waals surface area contributed by atoms with E-state index >= 15 is 0 Å². The number of unbranched alkanes of at least 4 members (excludes halogenated alkanes) is 21. The number of aldehydes is 1. The lowest BCUT2D eigenvalue weighted by molar-refractivity contribution is -0.144. The van der Waals surface area contributed by atoms with E-state index in [9.17, 15) is 9.59 Å². The average Bonchev–Trinajstić information content (AvgIpc) is 3.23. The van der Waals surface area contributed by atoms with Crippen LogP contribution >= 0.6 is 0 Å². The van der Waals surface area contributed by atoms with Crippen molar-refractivity contribution < 1.29 is 33.7 Å². The third-order valence-corrected chi connectivity index (χ3v) is 9.86. The smallest absolute Gasteiger partial charge is 0.305 e. The van der Waals surface area contributed by atoms with Crippen LogP contribution in [0.5, 0.6) is 11.5 Å². The Hall–Kier alpha value is -3.61. The molecule has 0 saturated carbocycles. The lowest BCUT2D eigenvalue weighted by atomic mass is 10.1. The van der Waals surface area contributed by atoms with E-state index in [4.69, 9.17) is 24.1 Å². The summed E-state index contributed by atoms with van der Waals surface area (Å²) in [5, 5.41) is 6.89. The van der Waals surface area contributed by atoms with Gasteiger partial charge in [0.1, 0.15) is 11.5 Å². The van der Waals surface area contributed by atoms with Gasteiger partial charge in [0.25, 0.3) is 6.47 Å². The Labute approximate surface area is 355 Å². The Kier molecular flexibility index (Phi) is 43.2. The molecule has 0 radical (unpaired) electrons. The van der Waals surface area contributed by atoms with Crippen molar-refractivity contribution in [1.82, 2.24) is 0 Å². The second kappa shape index (κ2) is 46.1. The quantitative estimate of drug-likeness (QED) is 0.0305. The van der Waals surface area contributed by atoms with Crippen LogP contribution in [0.4, 0.5) is 0 Å². The molecule has 0 fully saturated rings. The van der Waals surface area contributed by atoms with E-state index in [-0.39, 0.29) is 12.4 Å². The number of benzene rings is 1. The molecule has 0 aromatic heterocycles. The molecule has 7 nitrogen and oxygen atoms in total. The van der Waals surface area contributed by atoms with Crippen molar-refractivity contribution in [3.63, 3.8) is 0 Å². The summed E-state index contributed by atoms with van der Waals surface area (Å²) in [6, 6.07) is 5.45. The largest absolute Gasteiger partial charge is 0.494 e. The molecule has 1 N–H and O–H groups in total. The van der Waals surface area contributed by atoms with E-state index in [1.54, 1.807) is 6.07 Å². The topological polar surface area (TPSA) is 99.1 Å². The first kappa shape index (κ1) is 54.4. The summed E-state index contributed by atoms with van der Waals surface area (Å²) in [6.45, 7) is 5.79. The molecule has 0 aliphatic carbocycles. The lowest BCUT2D eigenvalue weighted by Crippen LogP contribution is -2.07. The molecule has 330 valence electrons. The standard InChI is InChI=1S/C50H82O5.CH2O2/c1-3-5-7-9-11-13-15-17-19-20-21-22-24-26-28-30-32-34-36-42-53-48-40-41-49(47(45-48)46-51)54-43-37-38-44-55-50(52)39-35-33-31-29-27-25-23-18-16-14-12-10-8-6-4-2;2-1-3/h11-14,17-19,23,40-41,45-46H,3-10,15-16,20-22,24-39,42-44H2,1-2H3;1H,(H,2,3)/b13-11-,14-12-,19-17-,23-18-;. The van der Waals surface area contributed by atoms with Crippen molar-refractivity contribution in [2.75, 3.05) is 19.8 Å². The predicted molar refractivity (Wildman–Crippen MR) is 244 cm³/mol. The molecule has 0 spiro atoms. The normalized spacial score (nSPS) is 11.4. The molecular formula is C51H84O7. The molecule has 7 heteroatoms. The van der Waals surface area contributed by atoms with Gasteiger partial charge in [-0.3, -0.25) is 14.4 Å². The zero-order valence-corrected chi connectivity index (χ0v) is 37.0. The summed E-state index contributed by atoms with van der Waals surface area (Å²) in [4.78, 5) is 32.1. The molecule has 0 atom stereocenters. The molecular weight excluding hydrogens is 725 g/mol. The first-order valence-electron chi connectivity index (χ1n) is 23.3. The first-order chi connectivity index (χ1) is 28.6. The number of carbonyl (C=O) groups is 3. The van der Waals surface area contributed by atoms with Crippen molar-refractivity contribution in [1.29, 1.82) is 0 Å². The van der Waals surface area contributed by atoms with Crippen molar-refractivity contribution in [2.45, 2.75) is 200 Å². The molecule has 1 aromatic carbocycles. The van der Waals surface area contributed by atoms with Gasteiger partial charge >= 0.3 is 5.97 Å². The first-order valence-corrected chi connectivity index (χ1v) is 23.3. The SMILES string of the molecule is CCCCC/C=C\C/C=C\CCCCCCCCCCCOc1ccc(OCCCCOC(=O)CCCCCCC/C=C\C/C=C\CCCCC)c(C=O)c1.O=CO. The zero-order chi connectivity index (χ0) is 42.3. The molecule has 0 saturated heterocycles. The molecule has 0 unspecified atom stereocenters. The Morgan fingerprint density at radius 2 is 0.931 bits per heavy atom. The van der Waals surface area contributed by atoms with Crippen LogP contribution in [0.2, 0.25) is 0 Å². The van der Waals surface area contributed by atoms with Gasteiger partial charge in [-0.25, -0.2) is 0 Å². The zero-order valence-electron chi connectivity index (χ0n) is 37.0. The minimum absolute atomic E-state index is 0.109. The fraction of sp³-hybridized carbons (Fsp3) is 0.667. The van der Waals surface area contributed by atoms with E-state index in [0.717, 1.165) is 57.7 Å². The van der Waals surface area contributed by atoms with Gasteiger partial charge in [0, 0.05) is 6.42 Å². The van der Waals surface area contributed by atoms with E-state index in [1.165, 1.54) is 128 Å². The third-order valence-electron chi connectivity index (χ3n) is 9.86. The Bertz CT molecular complexity index is 1190. The summed E-state index contributed by atoms with van der Waals surface area (Å²) >= 11 is 0. The second-order valence-electron chi connectivity index (χ2n) is 15.2. The number of carboxylic acid groups (broad SMARTS) is 1. The van der Waals surface area contributed by atoms with Crippen molar-refractivity contribution in [3.05, 3.63) is 72.4 Å². The molecule has 0 aliphatic rings. The van der Waals surface area contributed by atoms with Crippen molar-refractivity contribution in [3.8, 4) is 11.5 Å². The van der Waals surface area contributed by atoms with Crippen molar-refractivity contribution in [2.24, 2.45) is 0 Å². The highest BCUT2D eigenvalue weighted by Crippen LogP contribution is 2.24. The van der Waals surface area contributed by atoms with Crippen molar-refractivity contribution >= 4 is 18.7 Å². The number of allylic oxidation sites excluding steroid dienone is 8. The molecule has 0 amide bonds. The Morgan fingerprint density at radius 1 is 0.517 bits per heavy atom. The number of hydrogen-bond acceptors (Lipinski definition) is 6. The molecule has 58 heavy (non-hydrogen) atoms. The van der Waals surface area contributed by atoms with Gasteiger partial charge in [0.05, 0.1) is 25.4 Å². The Morgan fingerprint density at radius 3 is 1.43 bits per heavy atom. The average molecular weight is 809 g/mol. The van der Waals surface area contributed by atoms with Crippen LogP contribution in [0.25, 0.3) is 0 Å². The van der Waals surface area contributed by atoms with Gasteiger partial charge in [-0.2, -0.15) is 0 Å².